The lowest BCUT2D eigenvalue weighted by atomic mass is 9.96. The van der Waals surface area contributed by atoms with Crippen LogP contribution in [-0.2, 0) is 30.6 Å². The number of alkyl halides is 3. The van der Waals surface area contributed by atoms with Crippen LogP contribution in [0.3, 0.4) is 0 Å². The van der Waals surface area contributed by atoms with E-state index in [0.29, 0.717) is 18.8 Å². The Labute approximate surface area is 219 Å². The fourth-order valence-electron chi connectivity index (χ4n) is 4.49. The van der Waals surface area contributed by atoms with E-state index in [1.165, 1.54) is 22.9 Å². The zero-order chi connectivity index (χ0) is 27.7. The van der Waals surface area contributed by atoms with Gasteiger partial charge in [0.2, 0.25) is 5.91 Å². The van der Waals surface area contributed by atoms with Crippen LogP contribution in [0.25, 0.3) is 11.1 Å². The molecule has 0 saturated heterocycles. The number of nitro benzene ring substituents is 1. The molecule has 0 bridgehead atoms. The van der Waals surface area contributed by atoms with Crippen molar-refractivity contribution in [1.29, 1.82) is 0 Å². The third-order valence-electron chi connectivity index (χ3n) is 6.38. The Morgan fingerprint density at radius 2 is 1.74 bits per heavy atom. The number of halogens is 3. The Balaban J connectivity index is 1.38. The van der Waals surface area contributed by atoms with Crippen LogP contribution in [0.2, 0.25) is 0 Å². The Kier molecular flexibility index (Phi) is 6.60. The summed E-state index contributed by atoms with van der Waals surface area (Å²) in [6.07, 6.45) is -1.29. The molecule has 1 aliphatic heterocycles. The molecule has 12 heteroatoms. The first-order valence-corrected chi connectivity index (χ1v) is 11.7. The fraction of sp³-hybridized carbons (Fsp3) is 0.148. The summed E-state index contributed by atoms with van der Waals surface area (Å²) >= 11 is 0. The number of rotatable bonds is 6. The number of benzene rings is 3. The molecule has 0 atom stereocenters. The van der Waals surface area contributed by atoms with E-state index in [1.54, 1.807) is 41.6 Å². The molecule has 1 aliphatic rings. The maximum absolute atomic E-state index is 13.3. The summed E-state index contributed by atoms with van der Waals surface area (Å²) in [5.41, 5.74) is 0.775. The molecule has 0 spiro atoms. The predicted molar refractivity (Wildman–Crippen MR) is 134 cm³/mol. The number of fused-ring (bicyclic) bond motifs is 1. The first-order valence-electron chi connectivity index (χ1n) is 11.7. The Hall–Kier alpha value is -5.00. The molecule has 0 saturated carbocycles. The minimum Gasteiger partial charge on any atom is -0.332 e. The van der Waals surface area contributed by atoms with Crippen LogP contribution in [0, 0.1) is 10.1 Å². The van der Waals surface area contributed by atoms with Crippen molar-refractivity contribution in [2.45, 2.75) is 25.8 Å². The normalized spacial score (nSPS) is 12.7. The molecular weight excluding hydrogens is 515 g/mol. The lowest BCUT2D eigenvalue weighted by Gasteiger charge is -2.15. The number of carbonyl (C=O) groups is 2. The van der Waals surface area contributed by atoms with Crippen LogP contribution in [-0.4, -0.2) is 31.4 Å². The van der Waals surface area contributed by atoms with Crippen molar-refractivity contribution >= 4 is 23.2 Å². The molecule has 0 radical (unpaired) electrons. The molecule has 4 aromatic rings. The third kappa shape index (κ3) is 5.35. The third-order valence-corrected chi connectivity index (χ3v) is 6.38. The number of carbonyl (C=O) groups excluding carboxylic acids is 2. The number of anilines is 1. The van der Waals surface area contributed by atoms with Gasteiger partial charge in [-0.05, 0) is 53.1 Å². The van der Waals surface area contributed by atoms with Crippen molar-refractivity contribution in [2.24, 2.45) is 0 Å². The Bertz CT molecular complexity index is 1570. The van der Waals surface area contributed by atoms with Gasteiger partial charge in [-0.3, -0.25) is 24.4 Å². The smallest absolute Gasteiger partial charge is 0.332 e. The fourth-order valence-corrected chi connectivity index (χ4v) is 4.49. The highest BCUT2D eigenvalue weighted by molar-refractivity contribution is 6.10. The van der Waals surface area contributed by atoms with Gasteiger partial charge in [0, 0.05) is 37.2 Å². The molecular formula is C27H20F3N5O4. The van der Waals surface area contributed by atoms with E-state index in [-0.39, 0.29) is 29.1 Å². The van der Waals surface area contributed by atoms with Crippen molar-refractivity contribution in [3.8, 4) is 11.1 Å². The van der Waals surface area contributed by atoms with Gasteiger partial charge in [-0.1, -0.05) is 24.3 Å². The average molecular weight is 535 g/mol. The minimum atomic E-state index is -4.58. The highest BCUT2D eigenvalue weighted by atomic mass is 19.4. The van der Waals surface area contributed by atoms with E-state index < -0.39 is 28.3 Å². The second-order valence-corrected chi connectivity index (χ2v) is 8.92. The molecule has 0 unspecified atom stereocenters. The van der Waals surface area contributed by atoms with E-state index in [4.69, 9.17) is 0 Å². The van der Waals surface area contributed by atoms with E-state index in [9.17, 15) is 32.9 Å². The monoisotopic (exact) mass is 535 g/mol. The van der Waals surface area contributed by atoms with E-state index >= 15 is 0 Å². The van der Waals surface area contributed by atoms with Gasteiger partial charge in [0.05, 0.1) is 21.6 Å². The summed E-state index contributed by atoms with van der Waals surface area (Å²) in [5, 5.41) is 18.5. The molecule has 0 fully saturated rings. The van der Waals surface area contributed by atoms with Gasteiger partial charge in [0.15, 0.2) is 0 Å². The number of hydrogen-bond donors (Lipinski definition) is 1. The standard InChI is InChI=1S/C27H20F3N5O4/c28-27(29,30)20-8-5-17(6-9-20)25-22(3-1-4-23(25)35(38)39)26(37)32-21-10-7-18-14-33(15-19(18)13-21)24(36)16-34-12-2-11-31-34/h1-13H,14-16H2,(H,32,37). The number of aromatic nitrogens is 2. The lowest BCUT2D eigenvalue weighted by Crippen LogP contribution is -2.29. The van der Waals surface area contributed by atoms with Gasteiger partial charge < -0.3 is 10.2 Å². The van der Waals surface area contributed by atoms with Crippen LogP contribution in [0.4, 0.5) is 24.5 Å². The molecule has 2 heterocycles. The summed E-state index contributed by atoms with van der Waals surface area (Å²) < 4.78 is 40.6. The summed E-state index contributed by atoms with van der Waals surface area (Å²) in [6.45, 7) is 0.851. The number of nitro groups is 1. The topological polar surface area (TPSA) is 110 Å². The quantitative estimate of drug-likeness (QED) is 0.267. The average Bonchev–Trinajstić information content (AvgIpc) is 3.57. The second-order valence-electron chi connectivity index (χ2n) is 8.92. The first kappa shape index (κ1) is 25.6. The van der Waals surface area contributed by atoms with Gasteiger partial charge >= 0.3 is 6.18 Å². The predicted octanol–water partition coefficient (Wildman–Crippen LogP) is 5.27. The van der Waals surface area contributed by atoms with Crippen molar-refractivity contribution in [1.82, 2.24) is 14.7 Å². The van der Waals surface area contributed by atoms with Crippen molar-refractivity contribution in [3.63, 3.8) is 0 Å². The van der Waals surface area contributed by atoms with Crippen molar-refractivity contribution < 1.29 is 27.7 Å². The summed E-state index contributed by atoms with van der Waals surface area (Å²) in [4.78, 5) is 38.6. The number of nitrogens with zero attached hydrogens (tertiary/aromatic N) is 4. The van der Waals surface area contributed by atoms with Crippen LogP contribution in [0.15, 0.2) is 79.1 Å². The van der Waals surface area contributed by atoms with E-state index in [0.717, 1.165) is 35.4 Å². The number of amides is 2. The Morgan fingerprint density at radius 3 is 2.41 bits per heavy atom. The molecule has 9 nitrogen and oxygen atoms in total. The van der Waals surface area contributed by atoms with Gasteiger partial charge in [0.1, 0.15) is 6.54 Å². The zero-order valence-corrected chi connectivity index (χ0v) is 20.2. The molecule has 1 aromatic heterocycles. The van der Waals surface area contributed by atoms with Crippen molar-refractivity contribution in [3.05, 3.63) is 111 Å². The van der Waals surface area contributed by atoms with Gasteiger partial charge in [-0.25, -0.2) is 0 Å². The summed E-state index contributed by atoms with van der Waals surface area (Å²) in [7, 11) is 0. The SMILES string of the molecule is O=C(Nc1ccc2c(c1)CN(C(=O)Cn1cccn1)C2)c1cccc([N+](=O)[O-])c1-c1ccc(C(F)(F)F)cc1. The number of hydrogen-bond acceptors (Lipinski definition) is 5. The zero-order valence-electron chi connectivity index (χ0n) is 20.2. The van der Waals surface area contributed by atoms with Crippen molar-refractivity contribution in [2.75, 3.05) is 5.32 Å². The second kappa shape index (κ2) is 10.0. The number of nitrogens with one attached hydrogen (secondary N) is 1. The summed E-state index contributed by atoms with van der Waals surface area (Å²) in [6, 6.07) is 14.6. The maximum atomic E-state index is 13.3. The van der Waals surface area contributed by atoms with Crippen LogP contribution < -0.4 is 5.32 Å². The molecule has 0 aliphatic carbocycles. The summed E-state index contributed by atoms with van der Waals surface area (Å²) in [5.74, 6) is -0.781. The van der Waals surface area contributed by atoms with Crippen LogP contribution >= 0.6 is 0 Å². The van der Waals surface area contributed by atoms with Gasteiger partial charge in [-0.2, -0.15) is 18.3 Å². The largest absolute Gasteiger partial charge is 0.416 e. The first-order chi connectivity index (χ1) is 18.6. The molecule has 3 aromatic carbocycles. The minimum absolute atomic E-state index is 0.0690. The highest BCUT2D eigenvalue weighted by Gasteiger charge is 2.31. The van der Waals surface area contributed by atoms with Gasteiger partial charge in [-0.15, -0.1) is 0 Å². The molecule has 2 amide bonds. The van der Waals surface area contributed by atoms with Crippen LogP contribution in [0.5, 0.6) is 0 Å². The molecule has 1 N–H and O–H groups in total. The van der Waals surface area contributed by atoms with Crippen LogP contribution in [0.1, 0.15) is 27.0 Å². The molecule has 198 valence electrons. The Morgan fingerprint density at radius 1 is 1.00 bits per heavy atom. The maximum Gasteiger partial charge on any atom is 0.416 e. The van der Waals surface area contributed by atoms with Gasteiger partial charge in [0.25, 0.3) is 11.6 Å². The highest BCUT2D eigenvalue weighted by Crippen LogP contribution is 2.36. The van der Waals surface area contributed by atoms with E-state index in [1.807, 2.05) is 0 Å². The molecule has 5 rings (SSSR count). The van der Waals surface area contributed by atoms with E-state index in [2.05, 4.69) is 10.4 Å². The molecule has 39 heavy (non-hydrogen) atoms. The lowest BCUT2D eigenvalue weighted by molar-refractivity contribution is -0.384.